The highest BCUT2D eigenvalue weighted by Crippen LogP contribution is 2.34. The molecule has 4 nitrogen and oxygen atoms in total. The molecule has 20 heavy (non-hydrogen) atoms. The Morgan fingerprint density at radius 3 is 2.65 bits per heavy atom. The van der Waals surface area contributed by atoms with E-state index >= 15 is 0 Å². The zero-order valence-electron chi connectivity index (χ0n) is 11.5. The molecule has 1 aliphatic rings. The summed E-state index contributed by atoms with van der Waals surface area (Å²) in [6.07, 6.45) is 0.390. The molecule has 0 amide bonds. The van der Waals surface area contributed by atoms with E-state index in [1.807, 2.05) is 6.92 Å². The smallest absolute Gasteiger partial charge is 0.248 e. The van der Waals surface area contributed by atoms with Crippen LogP contribution >= 0.6 is 11.6 Å². The Bertz CT molecular complexity index is 463. The predicted molar refractivity (Wildman–Crippen MR) is 73.3 cm³/mol. The summed E-state index contributed by atoms with van der Waals surface area (Å²) in [4.78, 5) is 8.40. The van der Waals surface area contributed by atoms with Crippen LogP contribution in [0.25, 0.3) is 0 Å². The molecule has 0 aliphatic heterocycles. The minimum atomic E-state index is -2.54. The van der Waals surface area contributed by atoms with Gasteiger partial charge in [-0.25, -0.2) is 18.7 Å². The van der Waals surface area contributed by atoms with Gasteiger partial charge >= 0.3 is 0 Å². The van der Waals surface area contributed by atoms with Crippen molar-refractivity contribution in [1.29, 1.82) is 0 Å². The summed E-state index contributed by atoms with van der Waals surface area (Å²) in [5.74, 6) is -2.17. The topological polar surface area (TPSA) is 47.0 Å². The summed E-state index contributed by atoms with van der Waals surface area (Å²) in [6.45, 7) is 1.85. The van der Waals surface area contributed by atoms with Crippen molar-refractivity contribution in [1.82, 2.24) is 9.97 Å². The minimum Gasteiger partial charge on any atom is -0.375 e. The lowest BCUT2D eigenvalue weighted by Crippen LogP contribution is -2.32. The average Bonchev–Trinajstić information content (AvgIpc) is 2.39. The van der Waals surface area contributed by atoms with Crippen LogP contribution in [0.4, 0.5) is 14.7 Å². The lowest BCUT2D eigenvalue weighted by molar-refractivity contribution is -0.0361. The number of anilines is 1. The maximum Gasteiger partial charge on any atom is 0.248 e. The van der Waals surface area contributed by atoms with Crippen LogP contribution in [0.5, 0.6) is 0 Å². The fourth-order valence-corrected chi connectivity index (χ4v) is 2.39. The summed E-state index contributed by atoms with van der Waals surface area (Å²) >= 11 is 5.95. The molecule has 1 aliphatic carbocycles. The van der Waals surface area contributed by atoms with Crippen LogP contribution in [0.1, 0.15) is 44.4 Å². The number of ether oxygens (including phenoxy) is 1. The van der Waals surface area contributed by atoms with Gasteiger partial charge in [-0.2, -0.15) is 0 Å². The Labute approximate surface area is 121 Å². The van der Waals surface area contributed by atoms with Crippen molar-refractivity contribution >= 4 is 17.5 Å². The maximum absolute atomic E-state index is 13.1. The summed E-state index contributed by atoms with van der Waals surface area (Å²) in [5, 5.41) is 3.39. The van der Waals surface area contributed by atoms with Crippen LogP contribution in [0.3, 0.4) is 0 Å². The first-order valence-corrected chi connectivity index (χ1v) is 6.99. The molecular formula is C13H18ClF2N3O. The van der Waals surface area contributed by atoms with Gasteiger partial charge < -0.3 is 10.1 Å². The van der Waals surface area contributed by atoms with Crippen molar-refractivity contribution in [2.45, 2.75) is 50.7 Å². The van der Waals surface area contributed by atoms with Crippen LogP contribution in [-0.4, -0.2) is 29.0 Å². The Kier molecular flexibility index (Phi) is 4.75. The molecule has 1 unspecified atom stereocenters. The van der Waals surface area contributed by atoms with Crippen molar-refractivity contribution in [3.63, 3.8) is 0 Å². The van der Waals surface area contributed by atoms with E-state index in [1.54, 1.807) is 13.2 Å². The van der Waals surface area contributed by atoms with Gasteiger partial charge in [0.2, 0.25) is 11.9 Å². The molecular weight excluding hydrogens is 288 g/mol. The Balaban J connectivity index is 2.04. The van der Waals surface area contributed by atoms with E-state index in [9.17, 15) is 8.78 Å². The van der Waals surface area contributed by atoms with Gasteiger partial charge in [-0.05, 0) is 25.8 Å². The van der Waals surface area contributed by atoms with E-state index in [0.717, 1.165) is 0 Å². The molecule has 1 heterocycles. The molecule has 2 rings (SSSR count). The molecule has 0 bridgehead atoms. The van der Waals surface area contributed by atoms with Gasteiger partial charge in [-0.1, -0.05) is 11.6 Å². The number of halogens is 3. The largest absolute Gasteiger partial charge is 0.375 e. The fourth-order valence-electron chi connectivity index (χ4n) is 2.20. The van der Waals surface area contributed by atoms with Crippen LogP contribution in [0, 0.1) is 0 Å². The highest BCUT2D eigenvalue weighted by molar-refractivity contribution is 6.29. The molecule has 1 saturated carbocycles. The molecule has 1 N–H and O–H groups in total. The van der Waals surface area contributed by atoms with E-state index in [4.69, 9.17) is 16.3 Å². The number of hydrogen-bond donors (Lipinski definition) is 1. The van der Waals surface area contributed by atoms with Gasteiger partial charge in [0.05, 0.1) is 11.8 Å². The van der Waals surface area contributed by atoms with E-state index in [2.05, 4.69) is 15.3 Å². The zero-order valence-corrected chi connectivity index (χ0v) is 12.3. The first kappa shape index (κ1) is 15.4. The SMILES string of the molecule is COC(C)c1cc(Cl)nc(NC2CCC(F)(F)CC2)n1. The summed E-state index contributed by atoms with van der Waals surface area (Å²) in [7, 11) is 1.58. The van der Waals surface area contributed by atoms with Crippen molar-refractivity contribution in [3.05, 3.63) is 16.9 Å². The van der Waals surface area contributed by atoms with E-state index in [-0.39, 0.29) is 25.0 Å². The number of nitrogens with one attached hydrogen (secondary N) is 1. The third-order valence-corrected chi connectivity index (χ3v) is 3.73. The molecule has 0 saturated heterocycles. The maximum atomic E-state index is 13.1. The van der Waals surface area contributed by atoms with Crippen molar-refractivity contribution in [2.75, 3.05) is 12.4 Å². The molecule has 1 aromatic rings. The standard InChI is InChI=1S/C13H18ClF2N3O/c1-8(20-2)10-7-11(14)19-12(18-10)17-9-3-5-13(15,16)6-4-9/h7-9H,3-6H2,1-2H3,(H,17,18,19). The Morgan fingerprint density at radius 2 is 2.05 bits per heavy atom. The normalized spacial score (nSPS) is 20.6. The second-order valence-corrected chi connectivity index (χ2v) is 5.48. The second kappa shape index (κ2) is 6.18. The quantitative estimate of drug-likeness (QED) is 0.859. The molecule has 7 heteroatoms. The van der Waals surface area contributed by atoms with Gasteiger partial charge in [0.25, 0.3) is 0 Å². The molecule has 0 radical (unpaired) electrons. The first-order chi connectivity index (χ1) is 9.39. The third kappa shape index (κ3) is 3.99. The van der Waals surface area contributed by atoms with Crippen LogP contribution in [0.2, 0.25) is 5.15 Å². The van der Waals surface area contributed by atoms with Gasteiger partial charge in [0, 0.05) is 26.0 Å². The van der Waals surface area contributed by atoms with Gasteiger partial charge in [0.15, 0.2) is 0 Å². The van der Waals surface area contributed by atoms with E-state index < -0.39 is 5.92 Å². The highest BCUT2D eigenvalue weighted by Gasteiger charge is 2.35. The zero-order chi connectivity index (χ0) is 14.8. The summed E-state index contributed by atoms with van der Waals surface area (Å²) < 4.78 is 31.4. The minimum absolute atomic E-state index is 0.0428. The average molecular weight is 306 g/mol. The van der Waals surface area contributed by atoms with E-state index in [0.29, 0.717) is 29.6 Å². The number of rotatable bonds is 4. The van der Waals surface area contributed by atoms with Gasteiger partial charge in [0.1, 0.15) is 5.15 Å². The number of aromatic nitrogens is 2. The van der Waals surface area contributed by atoms with Crippen molar-refractivity contribution < 1.29 is 13.5 Å². The van der Waals surface area contributed by atoms with Crippen LogP contribution < -0.4 is 5.32 Å². The Morgan fingerprint density at radius 1 is 1.40 bits per heavy atom. The fraction of sp³-hybridized carbons (Fsp3) is 0.692. The van der Waals surface area contributed by atoms with Gasteiger partial charge in [-0.15, -0.1) is 0 Å². The molecule has 1 fully saturated rings. The molecule has 1 atom stereocenters. The summed E-state index contributed by atoms with van der Waals surface area (Å²) in [5.41, 5.74) is 0.663. The summed E-state index contributed by atoms with van der Waals surface area (Å²) in [6, 6.07) is 1.59. The first-order valence-electron chi connectivity index (χ1n) is 6.61. The monoisotopic (exact) mass is 305 g/mol. The third-order valence-electron chi connectivity index (χ3n) is 3.54. The molecule has 1 aromatic heterocycles. The van der Waals surface area contributed by atoms with Gasteiger partial charge in [-0.3, -0.25) is 0 Å². The lowest BCUT2D eigenvalue weighted by atomic mass is 9.92. The van der Waals surface area contributed by atoms with Crippen molar-refractivity contribution in [3.8, 4) is 0 Å². The number of hydrogen-bond acceptors (Lipinski definition) is 4. The Hall–Kier alpha value is -1.01. The highest BCUT2D eigenvalue weighted by atomic mass is 35.5. The lowest BCUT2D eigenvalue weighted by Gasteiger charge is -2.28. The molecule has 0 aromatic carbocycles. The molecule has 0 spiro atoms. The second-order valence-electron chi connectivity index (χ2n) is 5.09. The van der Waals surface area contributed by atoms with E-state index in [1.165, 1.54) is 0 Å². The molecule has 112 valence electrons. The predicted octanol–water partition coefficient (Wildman–Crippen LogP) is 3.83. The number of nitrogens with zero attached hydrogens (tertiary/aromatic N) is 2. The number of alkyl halides is 2. The van der Waals surface area contributed by atoms with Crippen LogP contribution in [-0.2, 0) is 4.74 Å². The van der Waals surface area contributed by atoms with Crippen molar-refractivity contribution in [2.24, 2.45) is 0 Å². The van der Waals surface area contributed by atoms with Crippen LogP contribution in [0.15, 0.2) is 6.07 Å². The number of methoxy groups -OCH3 is 1.